The lowest BCUT2D eigenvalue weighted by atomic mass is 10.1. The molecule has 0 aliphatic carbocycles. The lowest BCUT2D eigenvalue weighted by molar-refractivity contribution is 0.416. The van der Waals surface area contributed by atoms with Crippen molar-refractivity contribution in [2.24, 2.45) is 0 Å². The highest BCUT2D eigenvalue weighted by Crippen LogP contribution is 2.35. The van der Waals surface area contributed by atoms with Crippen LogP contribution in [0.2, 0.25) is 0 Å². The molecule has 0 unspecified atom stereocenters. The molecule has 2 rings (SSSR count). The maximum Gasteiger partial charge on any atom is 0.126 e. The Hall–Kier alpha value is -1.90. The zero-order chi connectivity index (χ0) is 12.4. The van der Waals surface area contributed by atoms with Crippen LogP contribution in [0.25, 0.3) is 11.1 Å². The smallest absolute Gasteiger partial charge is 0.126 e. The normalized spacial score (nSPS) is 10.8. The Kier molecular flexibility index (Phi) is 3.09. The molecule has 0 bridgehead atoms. The van der Waals surface area contributed by atoms with Gasteiger partial charge in [0.15, 0.2) is 0 Å². The van der Waals surface area contributed by atoms with E-state index in [1.54, 1.807) is 7.11 Å². The van der Waals surface area contributed by atoms with Gasteiger partial charge in [0.25, 0.3) is 0 Å². The van der Waals surface area contributed by atoms with Gasteiger partial charge >= 0.3 is 0 Å². The summed E-state index contributed by atoms with van der Waals surface area (Å²) in [4.78, 5) is 0. The first kappa shape index (κ1) is 11.6. The van der Waals surface area contributed by atoms with Crippen LogP contribution in [-0.4, -0.2) is 11.7 Å². The van der Waals surface area contributed by atoms with E-state index in [-0.39, 0.29) is 0 Å². The van der Waals surface area contributed by atoms with E-state index in [0.717, 1.165) is 22.7 Å². The van der Waals surface area contributed by atoms with Gasteiger partial charge in [0.2, 0.25) is 0 Å². The lowest BCUT2D eigenvalue weighted by Gasteiger charge is -2.12. The highest BCUT2D eigenvalue weighted by Gasteiger charge is 2.12. The van der Waals surface area contributed by atoms with Crippen LogP contribution < -0.4 is 10.5 Å². The second-order valence-corrected chi connectivity index (χ2v) is 4.32. The average Bonchev–Trinajstić information content (AvgIpc) is 2.71. The van der Waals surface area contributed by atoms with Crippen LogP contribution in [-0.2, 0) is 0 Å². The maximum atomic E-state index is 6.17. The van der Waals surface area contributed by atoms with Gasteiger partial charge in [-0.1, -0.05) is 18.2 Å². The molecule has 3 nitrogen and oxygen atoms in total. The lowest BCUT2D eigenvalue weighted by Crippen LogP contribution is -2.04. The third-order valence-corrected chi connectivity index (χ3v) is 2.91. The molecule has 0 fully saturated rings. The monoisotopic (exact) mass is 230 g/mol. The Bertz CT molecular complexity index is 515. The van der Waals surface area contributed by atoms with Crippen molar-refractivity contribution >= 4 is 5.82 Å². The highest BCUT2D eigenvalue weighted by molar-refractivity contribution is 5.79. The van der Waals surface area contributed by atoms with E-state index in [4.69, 9.17) is 10.5 Å². The first-order valence-electron chi connectivity index (χ1n) is 5.75. The molecule has 3 heteroatoms. The minimum Gasteiger partial charge on any atom is -0.496 e. The van der Waals surface area contributed by atoms with Crippen molar-refractivity contribution in [3.05, 3.63) is 36.5 Å². The Balaban J connectivity index is 2.53. The van der Waals surface area contributed by atoms with Crippen LogP contribution in [0.4, 0.5) is 5.82 Å². The van der Waals surface area contributed by atoms with E-state index in [9.17, 15) is 0 Å². The van der Waals surface area contributed by atoms with Gasteiger partial charge in [0, 0.05) is 23.4 Å². The number of hydrogen-bond acceptors (Lipinski definition) is 2. The van der Waals surface area contributed by atoms with Crippen molar-refractivity contribution in [1.29, 1.82) is 0 Å². The summed E-state index contributed by atoms with van der Waals surface area (Å²) < 4.78 is 7.42. The Morgan fingerprint density at radius 3 is 2.41 bits per heavy atom. The Morgan fingerprint density at radius 2 is 1.82 bits per heavy atom. The van der Waals surface area contributed by atoms with Crippen molar-refractivity contribution < 1.29 is 4.74 Å². The number of para-hydroxylation sites is 1. The molecular formula is C14H18N2O. The number of anilines is 1. The second kappa shape index (κ2) is 4.53. The molecule has 0 aliphatic rings. The van der Waals surface area contributed by atoms with Crippen LogP contribution in [0, 0.1) is 0 Å². The van der Waals surface area contributed by atoms with Crippen molar-refractivity contribution in [2.45, 2.75) is 19.9 Å². The van der Waals surface area contributed by atoms with E-state index in [1.807, 2.05) is 36.5 Å². The number of nitrogen functional groups attached to an aromatic ring is 1. The predicted octanol–water partition coefficient (Wildman–Crippen LogP) is 3.33. The van der Waals surface area contributed by atoms with Gasteiger partial charge in [-0.3, -0.25) is 0 Å². The molecule has 0 aliphatic heterocycles. The van der Waals surface area contributed by atoms with Gasteiger partial charge in [0.1, 0.15) is 11.6 Å². The van der Waals surface area contributed by atoms with Gasteiger partial charge in [-0.2, -0.15) is 0 Å². The number of nitrogens with zero attached hydrogens (tertiary/aromatic N) is 1. The Morgan fingerprint density at radius 1 is 1.12 bits per heavy atom. The summed E-state index contributed by atoms with van der Waals surface area (Å²) in [6.07, 6.45) is 2.02. The van der Waals surface area contributed by atoms with Gasteiger partial charge in [-0.25, -0.2) is 0 Å². The molecule has 0 spiro atoms. The fraction of sp³-hybridized carbons (Fsp3) is 0.286. The van der Waals surface area contributed by atoms with Gasteiger partial charge in [-0.15, -0.1) is 0 Å². The standard InChI is InChI=1S/C14H18N2O/c1-10(2)16-9-8-12(14(16)15)11-6-4-5-7-13(11)17-3/h4-10H,15H2,1-3H3. The van der Waals surface area contributed by atoms with Crippen LogP contribution in [0.1, 0.15) is 19.9 Å². The van der Waals surface area contributed by atoms with Gasteiger partial charge in [-0.05, 0) is 26.0 Å². The molecule has 0 saturated carbocycles. The molecule has 1 aromatic heterocycles. The number of ether oxygens (including phenoxy) is 1. The molecule has 1 aromatic carbocycles. The van der Waals surface area contributed by atoms with Crippen LogP contribution in [0.15, 0.2) is 36.5 Å². The quantitative estimate of drug-likeness (QED) is 0.878. The fourth-order valence-electron chi connectivity index (χ4n) is 2.00. The van der Waals surface area contributed by atoms with Crippen LogP contribution >= 0.6 is 0 Å². The summed E-state index contributed by atoms with van der Waals surface area (Å²) in [5, 5.41) is 0. The first-order valence-corrected chi connectivity index (χ1v) is 5.75. The predicted molar refractivity (Wildman–Crippen MR) is 71.2 cm³/mol. The maximum absolute atomic E-state index is 6.17. The van der Waals surface area contributed by atoms with Gasteiger partial charge < -0.3 is 15.0 Å². The molecule has 2 N–H and O–H groups in total. The minimum atomic E-state index is 0.360. The zero-order valence-electron chi connectivity index (χ0n) is 10.5. The third-order valence-electron chi connectivity index (χ3n) is 2.91. The topological polar surface area (TPSA) is 40.2 Å². The number of rotatable bonds is 3. The second-order valence-electron chi connectivity index (χ2n) is 4.32. The van der Waals surface area contributed by atoms with E-state index in [0.29, 0.717) is 6.04 Å². The third kappa shape index (κ3) is 2.00. The molecule has 90 valence electrons. The van der Waals surface area contributed by atoms with E-state index in [1.165, 1.54) is 0 Å². The summed E-state index contributed by atoms with van der Waals surface area (Å²) in [6, 6.07) is 10.3. The number of aromatic nitrogens is 1. The highest BCUT2D eigenvalue weighted by atomic mass is 16.5. The summed E-state index contributed by atoms with van der Waals surface area (Å²) in [5.41, 5.74) is 8.23. The molecule has 17 heavy (non-hydrogen) atoms. The number of benzene rings is 1. The van der Waals surface area contributed by atoms with E-state index in [2.05, 4.69) is 18.4 Å². The SMILES string of the molecule is COc1ccccc1-c1ccn(C(C)C)c1N. The average molecular weight is 230 g/mol. The molecular weight excluding hydrogens is 212 g/mol. The number of nitrogens with two attached hydrogens (primary N) is 1. The van der Waals surface area contributed by atoms with Crippen molar-refractivity contribution in [3.63, 3.8) is 0 Å². The zero-order valence-corrected chi connectivity index (χ0v) is 10.5. The Labute approximate surface area is 102 Å². The first-order chi connectivity index (χ1) is 8.15. The fourth-order valence-corrected chi connectivity index (χ4v) is 2.00. The van der Waals surface area contributed by atoms with Crippen molar-refractivity contribution in [3.8, 4) is 16.9 Å². The van der Waals surface area contributed by atoms with E-state index >= 15 is 0 Å². The van der Waals surface area contributed by atoms with Crippen LogP contribution in [0.5, 0.6) is 5.75 Å². The van der Waals surface area contributed by atoms with Crippen LogP contribution in [0.3, 0.4) is 0 Å². The molecule has 2 aromatic rings. The van der Waals surface area contributed by atoms with Crippen molar-refractivity contribution in [2.75, 3.05) is 12.8 Å². The molecule has 0 amide bonds. The number of methoxy groups -OCH3 is 1. The van der Waals surface area contributed by atoms with Gasteiger partial charge in [0.05, 0.1) is 7.11 Å². The molecule has 0 radical (unpaired) electrons. The minimum absolute atomic E-state index is 0.360. The summed E-state index contributed by atoms with van der Waals surface area (Å²) >= 11 is 0. The molecule has 0 atom stereocenters. The largest absolute Gasteiger partial charge is 0.496 e. The van der Waals surface area contributed by atoms with E-state index < -0.39 is 0 Å². The molecule has 0 saturated heterocycles. The summed E-state index contributed by atoms with van der Waals surface area (Å²) in [6.45, 7) is 4.23. The molecule has 1 heterocycles. The van der Waals surface area contributed by atoms with Crippen molar-refractivity contribution in [1.82, 2.24) is 4.57 Å². The summed E-state index contributed by atoms with van der Waals surface area (Å²) in [5.74, 6) is 1.63. The summed E-state index contributed by atoms with van der Waals surface area (Å²) in [7, 11) is 1.68. The number of hydrogen-bond donors (Lipinski definition) is 1.